The highest BCUT2D eigenvalue weighted by Gasteiger charge is 2.01. The van der Waals surface area contributed by atoms with Crippen LogP contribution in [0.5, 0.6) is 0 Å². The lowest BCUT2D eigenvalue weighted by molar-refractivity contribution is -0.141. The molecule has 10 heavy (non-hydrogen) atoms. The molecule has 0 rings (SSSR count). The van der Waals surface area contributed by atoms with Crippen molar-refractivity contribution < 1.29 is 14.6 Å². The minimum absolute atomic E-state index is 0.182. The zero-order chi connectivity index (χ0) is 7.98. The lowest BCUT2D eigenvalue weighted by Crippen LogP contribution is -2.13. The first-order valence-corrected chi connectivity index (χ1v) is 3.57. The Hall–Kier alpha value is -0.280. The number of aliphatic hydroxyl groups excluding tert-OH is 1. The molecular weight excluding hydrogens is 156 g/mol. The number of hydrogen-bond donors (Lipinski definition) is 1. The molecule has 60 valence electrons. The van der Waals surface area contributed by atoms with Gasteiger partial charge in [0.2, 0.25) is 0 Å². The van der Waals surface area contributed by atoms with Crippen LogP contribution in [0.3, 0.4) is 0 Å². The molecule has 1 atom stereocenters. The summed E-state index contributed by atoms with van der Waals surface area (Å²) in [5.74, 6) is -0.150. The van der Waals surface area contributed by atoms with Gasteiger partial charge >= 0.3 is 5.97 Å². The molecule has 0 aliphatic rings. The normalized spacial score (nSPS) is 12.7. The highest BCUT2D eigenvalue weighted by atomic mass is 35.5. The summed E-state index contributed by atoms with van der Waals surface area (Å²) in [6.45, 7) is 1.57. The Bertz CT molecular complexity index is 105. The quantitative estimate of drug-likeness (QED) is 0.490. The van der Waals surface area contributed by atoms with Crippen LogP contribution in [0.1, 0.15) is 13.3 Å². The van der Waals surface area contributed by atoms with Crippen molar-refractivity contribution in [3.63, 3.8) is 0 Å². The van der Waals surface area contributed by atoms with Gasteiger partial charge in [-0.15, -0.1) is 11.6 Å². The van der Waals surface area contributed by atoms with Gasteiger partial charge in [0.1, 0.15) is 0 Å². The fourth-order valence-corrected chi connectivity index (χ4v) is 0.570. The van der Waals surface area contributed by atoms with E-state index in [0.717, 1.165) is 0 Å². The summed E-state index contributed by atoms with van der Waals surface area (Å²) < 4.78 is 4.56. The Kier molecular flexibility index (Phi) is 5.35. The van der Waals surface area contributed by atoms with Crippen molar-refractivity contribution >= 4 is 17.6 Å². The number of hydrogen-bond acceptors (Lipinski definition) is 3. The monoisotopic (exact) mass is 166 g/mol. The van der Waals surface area contributed by atoms with Crippen LogP contribution >= 0.6 is 11.6 Å². The van der Waals surface area contributed by atoms with Gasteiger partial charge in [-0.2, -0.15) is 0 Å². The summed E-state index contributed by atoms with van der Waals surface area (Å²) in [5.41, 5.74) is 0. The predicted octanol–water partition coefficient (Wildman–Crippen LogP) is 0.539. The van der Waals surface area contributed by atoms with E-state index in [1.165, 1.54) is 6.92 Å². The van der Waals surface area contributed by atoms with Crippen LogP contribution in [0.25, 0.3) is 0 Å². The van der Waals surface area contributed by atoms with Gasteiger partial charge in [-0.1, -0.05) is 0 Å². The molecule has 0 aliphatic heterocycles. The van der Waals surface area contributed by atoms with E-state index in [1.807, 2.05) is 0 Å². The highest BCUT2D eigenvalue weighted by molar-refractivity contribution is 6.18. The number of rotatable bonds is 4. The smallest absolute Gasteiger partial charge is 0.302 e. The largest absolute Gasteiger partial charge is 0.466 e. The third-order valence-electron chi connectivity index (χ3n) is 0.935. The van der Waals surface area contributed by atoms with Crippen molar-refractivity contribution in [2.45, 2.75) is 19.4 Å². The van der Waals surface area contributed by atoms with Crippen LogP contribution in [0.15, 0.2) is 0 Å². The van der Waals surface area contributed by atoms with E-state index in [9.17, 15) is 4.79 Å². The van der Waals surface area contributed by atoms with Crippen LogP contribution in [0.4, 0.5) is 0 Å². The van der Waals surface area contributed by atoms with E-state index in [1.54, 1.807) is 0 Å². The van der Waals surface area contributed by atoms with Gasteiger partial charge in [0.05, 0.1) is 12.7 Å². The number of aliphatic hydroxyl groups is 1. The van der Waals surface area contributed by atoms with E-state index in [4.69, 9.17) is 16.7 Å². The molecule has 0 aromatic rings. The van der Waals surface area contributed by atoms with E-state index >= 15 is 0 Å². The van der Waals surface area contributed by atoms with Crippen molar-refractivity contribution in [1.82, 2.24) is 0 Å². The van der Waals surface area contributed by atoms with Crippen molar-refractivity contribution in [3.8, 4) is 0 Å². The standard InChI is InChI=1S/C6H11ClO3/c1-5(8)10-3-2-6(9)4-7/h6,9H,2-4H2,1H3/t6-/m0/s1. The lowest BCUT2D eigenvalue weighted by Gasteiger charge is -2.05. The van der Waals surface area contributed by atoms with Crippen molar-refractivity contribution in [3.05, 3.63) is 0 Å². The minimum atomic E-state index is -0.569. The summed E-state index contributed by atoms with van der Waals surface area (Å²) in [7, 11) is 0. The molecule has 0 fully saturated rings. The number of esters is 1. The first kappa shape index (κ1) is 9.72. The first-order chi connectivity index (χ1) is 4.66. The molecular formula is C6H11ClO3. The number of halogens is 1. The number of carbonyl (C=O) groups excluding carboxylic acids is 1. The van der Waals surface area contributed by atoms with Crippen LogP contribution in [0.2, 0.25) is 0 Å². The average Bonchev–Trinajstić information content (AvgIpc) is 1.87. The molecule has 0 unspecified atom stereocenters. The maximum Gasteiger partial charge on any atom is 0.302 e. The molecule has 0 saturated heterocycles. The third kappa shape index (κ3) is 5.85. The maximum absolute atomic E-state index is 10.2. The van der Waals surface area contributed by atoms with Gasteiger partial charge in [-0.05, 0) is 0 Å². The molecule has 0 aromatic heterocycles. The van der Waals surface area contributed by atoms with Crippen LogP contribution < -0.4 is 0 Å². The SMILES string of the molecule is CC(=O)OCC[C@H](O)CCl. The summed E-state index contributed by atoms with van der Waals surface area (Å²) in [5, 5.41) is 8.85. The van der Waals surface area contributed by atoms with Crippen molar-refractivity contribution in [1.29, 1.82) is 0 Å². The third-order valence-corrected chi connectivity index (χ3v) is 1.29. The molecule has 0 aliphatic carbocycles. The number of carbonyl (C=O) groups is 1. The highest BCUT2D eigenvalue weighted by Crippen LogP contribution is 1.94. The van der Waals surface area contributed by atoms with E-state index in [0.29, 0.717) is 6.42 Å². The fraction of sp³-hybridized carbons (Fsp3) is 0.833. The topological polar surface area (TPSA) is 46.5 Å². The van der Waals surface area contributed by atoms with Gasteiger partial charge in [-0.25, -0.2) is 0 Å². The molecule has 0 aromatic carbocycles. The molecule has 0 spiro atoms. The van der Waals surface area contributed by atoms with Crippen molar-refractivity contribution in [2.75, 3.05) is 12.5 Å². The van der Waals surface area contributed by atoms with Crippen LogP contribution in [0, 0.1) is 0 Å². The summed E-state index contributed by atoms with van der Waals surface area (Å²) in [6.07, 6.45) is -0.163. The fourth-order valence-electron chi connectivity index (χ4n) is 0.416. The molecule has 4 heteroatoms. The zero-order valence-corrected chi connectivity index (χ0v) is 6.60. The molecule has 0 bridgehead atoms. The Morgan fingerprint density at radius 3 is 2.80 bits per heavy atom. The molecule has 1 N–H and O–H groups in total. The molecule has 0 amide bonds. The molecule has 0 radical (unpaired) electrons. The van der Waals surface area contributed by atoms with Crippen LogP contribution in [-0.2, 0) is 9.53 Å². The Morgan fingerprint density at radius 1 is 1.80 bits per heavy atom. The summed E-state index contributed by atoms with van der Waals surface area (Å²) >= 11 is 5.28. The Morgan fingerprint density at radius 2 is 2.40 bits per heavy atom. The lowest BCUT2D eigenvalue weighted by atomic mass is 10.3. The van der Waals surface area contributed by atoms with Gasteiger partial charge in [0, 0.05) is 19.2 Å². The average molecular weight is 167 g/mol. The van der Waals surface area contributed by atoms with E-state index in [-0.39, 0.29) is 18.5 Å². The van der Waals surface area contributed by atoms with E-state index < -0.39 is 6.10 Å². The molecule has 0 heterocycles. The zero-order valence-electron chi connectivity index (χ0n) is 5.84. The first-order valence-electron chi connectivity index (χ1n) is 3.04. The second-order valence-corrected chi connectivity index (χ2v) is 2.25. The summed E-state index contributed by atoms with van der Waals surface area (Å²) in [4.78, 5) is 10.2. The Balaban J connectivity index is 3.11. The predicted molar refractivity (Wildman–Crippen MR) is 38.0 cm³/mol. The second kappa shape index (κ2) is 5.50. The van der Waals surface area contributed by atoms with E-state index in [2.05, 4.69) is 4.74 Å². The minimum Gasteiger partial charge on any atom is -0.466 e. The van der Waals surface area contributed by atoms with Gasteiger partial charge in [0.15, 0.2) is 0 Å². The summed E-state index contributed by atoms with van der Waals surface area (Å²) in [6, 6.07) is 0. The van der Waals surface area contributed by atoms with Crippen molar-refractivity contribution in [2.24, 2.45) is 0 Å². The van der Waals surface area contributed by atoms with Gasteiger partial charge in [0.25, 0.3) is 0 Å². The molecule has 3 nitrogen and oxygen atoms in total. The Labute approximate surface area is 64.9 Å². The molecule has 0 saturated carbocycles. The number of ether oxygens (including phenoxy) is 1. The van der Waals surface area contributed by atoms with Gasteiger partial charge in [-0.3, -0.25) is 4.79 Å². The maximum atomic E-state index is 10.2. The number of alkyl halides is 1. The second-order valence-electron chi connectivity index (χ2n) is 1.94. The van der Waals surface area contributed by atoms with Gasteiger partial charge < -0.3 is 9.84 Å². The van der Waals surface area contributed by atoms with Crippen LogP contribution in [-0.4, -0.2) is 29.7 Å².